The van der Waals surface area contributed by atoms with Gasteiger partial charge in [-0.2, -0.15) is 4.98 Å². The Bertz CT molecular complexity index is 2500. The van der Waals surface area contributed by atoms with E-state index in [4.69, 9.17) is 11.6 Å². The number of benzene rings is 4. The number of phenolic OH excluding ortho intramolecular Hbond substituents is 1. The summed E-state index contributed by atoms with van der Waals surface area (Å²) in [5.74, 6) is -2.13. The number of aromatic hydroxyl groups is 1. The molecule has 0 aliphatic carbocycles. The standard InChI is InChI=1S/C26H18ClN7O11S3.3Na/c27-25-28-12-29-26(32-25)30-15-6-7-19(47(40,41)42)17(10-15)33-34-22-20(48(43,44)45)9-14-8-16(46(37,38)39)11-18(21(14)23(22)35)31-24(36)13-4-2-1-3-5-13;;;/h1-12,35H,(H,31,36)(H,37,38,39)(H,40,41,42)(H,43,44,45)(H,28,29,30,32);;;/q;3*+1/p-3. The molecule has 0 bridgehead atoms. The quantitative estimate of drug-likeness (QED) is 0.0712. The van der Waals surface area contributed by atoms with Crippen LogP contribution in [0.1, 0.15) is 10.4 Å². The molecule has 0 radical (unpaired) electrons. The van der Waals surface area contributed by atoms with Crippen molar-refractivity contribution in [3.05, 3.63) is 83.9 Å². The molecule has 0 spiro atoms. The first-order valence-corrected chi connectivity index (χ1v) is 17.3. The molecule has 1 heterocycles. The largest absolute Gasteiger partial charge is 1.00 e. The molecule has 0 atom stereocenters. The zero-order chi connectivity index (χ0) is 35.0. The Balaban J connectivity index is 0.00000300. The number of anilines is 3. The number of aromatic nitrogens is 3. The summed E-state index contributed by atoms with van der Waals surface area (Å²) in [5, 5.41) is 22.2. The van der Waals surface area contributed by atoms with Gasteiger partial charge in [0, 0.05) is 16.6 Å². The number of carbonyl (C=O) groups excluding carboxylic acids is 1. The average molecular weight is 802 g/mol. The van der Waals surface area contributed by atoms with E-state index in [0.29, 0.717) is 18.2 Å². The number of rotatable bonds is 9. The summed E-state index contributed by atoms with van der Waals surface area (Å²) in [4.78, 5) is 20.9. The second-order valence-electron chi connectivity index (χ2n) is 9.41. The molecule has 3 N–H and O–H groups in total. The molecule has 0 fully saturated rings. The van der Waals surface area contributed by atoms with Crippen LogP contribution < -0.4 is 99.3 Å². The van der Waals surface area contributed by atoms with Crippen LogP contribution in [-0.4, -0.2) is 64.9 Å². The monoisotopic (exact) mass is 801 g/mol. The van der Waals surface area contributed by atoms with E-state index in [9.17, 15) is 48.8 Å². The number of nitrogens with zero attached hydrogens (tertiary/aromatic N) is 5. The van der Waals surface area contributed by atoms with Gasteiger partial charge in [0.15, 0.2) is 5.75 Å². The van der Waals surface area contributed by atoms with Crippen LogP contribution in [0.3, 0.4) is 0 Å². The van der Waals surface area contributed by atoms with E-state index in [-0.39, 0.29) is 111 Å². The van der Waals surface area contributed by atoms with Crippen molar-refractivity contribution in [1.29, 1.82) is 0 Å². The molecular weight excluding hydrogens is 787 g/mol. The molecule has 0 aliphatic rings. The average Bonchev–Trinajstić information content (AvgIpc) is 2.99. The van der Waals surface area contributed by atoms with E-state index in [1.807, 2.05) is 0 Å². The second-order valence-corrected chi connectivity index (χ2v) is 13.8. The van der Waals surface area contributed by atoms with Crippen molar-refractivity contribution in [2.24, 2.45) is 10.2 Å². The van der Waals surface area contributed by atoms with E-state index in [1.54, 1.807) is 6.07 Å². The van der Waals surface area contributed by atoms with Crippen molar-refractivity contribution in [1.82, 2.24) is 15.0 Å². The maximum atomic E-state index is 12.9. The number of halogens is 1. The van der Waals surface area contributed by atoms with Gasteiger partial charge in [0.25, 0.3) is 5.91 Å². The SMILES string of the molecule is O=C(Nc1cc(S(=O)(=O)[O-])cc2cc(S(=O)(=O)[O-])c(N=Nc3cc(Nc4ncnc(Cl)n4)ccc3S(=O)(=O)[O-])c(O)c12)c1ccccc1.[Na+].[Na+].[Na+]. The molecule has 1 amide bonds. The number of hydrogen-bond acceptors (Lipinski definition) is 17. The summed E-state index contributed by atoms with van der Waals surface area (Å²) in [6, 6.07) is 12.2. The number of carbonyl (C=O) groups is 1. The summed E-state index contributed by atoms with van der Waals surface area (Å²) in [7, 11) is -16.1. The number of hydrogen-bond donors (Lipinski definition) is 3. The van der Waals surface area contributed by atoms with Crippen LogP contribution in [0.5, 0.6) is 5.75 Å². The summed E-state index contributed by atoms with van der Waals surface area (Å²) in [6.07, 6.45) is 1.05. The number of nitrogens with one attached hydrogen (secondary N) is 2. The molecule has 0 saturated heterocycles. The van der Waals surface area contributed by atoms with Gasteiger partial charge in [-0.25, -0.2) is 35.2 Å². The van der Waals surface area contributed by atoms with Gasteiger partial charge in [0.2, 0.25) is 11.2 Å². The van der Waals surface area contributed by atoms with Crippen molar-refractivity contribution in [2.75, 3.05) is 10.6 Å². The fourth-order valence-electron chi connectivity index (χ4n) is 4.23. The first-order chi connectivity index (χ1) is 22.4. The van der Waals surface area contributed by atoms with E-state index < -0.39 is 84.5 Å². The molecule has 248 valence electrons. The van der Waals surface area contributed by atoms with Crippen molar-refractivity contribution in [2.45, 2.75) is 14.7 Å². The molecule has 25 heteroatoms. The Morgan fingerprint density at radius 3 is 2.02 bits per heavy atom. The van der Waals surface area contributed by atoms with Crippen LogP contribution in [-0.2, 0) is 30.4 Å². The minimum atomic E-state index is -5.58. The molecule has 51 heavy (non-hydrogen) atoms. The summed E-state index contributed by atoms with van der Waals surface area (Å²) in [5.41, 5.74) is -2.27. The smallest absolute Gasteiger partial charge is 0.744 e. The molecule has 5 rings (SSSR count). The Morgan fingerprint density at radius 1 is 0.784 bits per heavy atom. The van der Waals surface area contributed by atoms with E-state index >= 15 is 0 Å². The number of amides is 1. The molecule has 5 aromatic rings. The molecule has 18 nitrogen and oxygen atoms in total. The van der Waals surface area contributed by atoms with Crippen LogP contribution >= 0.6 is 11.6 Å². The zero-order valence-corrected chi connectivity index (χ0v) is 35.5. The topological polar surface area (TPSA) is 296 Å². The minimum absolute atomic E-state index is 0. The van der Waals surface area contributed by atoms with Crippen molar-refractivity contribution in [3.63, 3.8) is 0 Å². The van der Waals surface area contributed by atoms with Gasteiger partial charge in [-0.1, -0.05) is 18.2 Å². The molecule has 1 aromatic heterocycles. The van der Waals surface area contributed by atoms with Gasteiger partial charge < -0.3 is 29.4 Å². The van der Waals surface area contributed by atoms with Gasteiger partial charge in [-0.15, -0.1) is 10.2 Å². The Kier molecular flexibility index (Phi) is 15.7. The fourth-order valence-corrected chi connectivity index (χ4v) is 6.12. The van der Waals surface area contributed by atoms with Crippen molar-refractivity contribution in [3.8, 4) is 5.75 Å². The zero-order valence-electron chi connectivity index (χ0n) is 26.3. The second kappa shape index (κ2) is 17.8. The van der Waals surface area contributed by atoms with Gasteiger partial charge in [0.1, 0.15) is 48.1 Å². The third kappa shape index (κ3) is 10.9. The maximum Gasteiger partial charge on any atom is 1.00 e. The first kappa shape index (κ1) is 45.0. The van der Waals surface area contributed by atoms with Gasteiger partial charge in [-0.05, 0) is 65.5 Å². The van der Waals surface area contributed by atoms with Gasteiger partial charge in [0.05, 0.1) is 20.4 Å². The molecule has 0 unspecified atom stereocenters. The number of fused-ring (bicyclic) bond motifs is 1. The molecular formula is C26H15ClN7Na3O11S3. The Morgan fingerprint density at radius 2 is 1.43 bits per heavy atom. The van der Waals surface area contributed by atoms with Crippen LogP contribution in [0.25, 0.3) is 10.8 Å². The molecule has 0 aliphatic heterocycles. The Hall–Kier alpha value is -2.16. The van der Waals surface area contributed by atoms with Gasteiger partial charge in [-0.3, -0.25) is 4.79 Å². The van der Waals surface area contributed by atoms with E-state index in [1.165, 1.54) is 24.3 Å². The molecule has 0 saturated carbocycles. The number of azo groups is 1. The van der Waals surface area contributed by atoms with Crippen LogP contribution in [0.4, 0.5) is 28.7 Å². The number of phenols is 1. The minimum Gasteiger partial charge on any atom is -0.744 e. The summed E-state index contributed by atoms with van der Waals surface area (Å²) >= 11 is 5.73. The van der Waals surface area contributed by atoms with Crippen molar-refractivity contribution < 1.29 is 137 Å². The summed E-state index contributed by atoms with van der Waals surface area (Å²) < 4.78 is 109. The summed E-state index contributed by atoms with van der Waals surface area (Å²) in [6.45, 7) is 0. The molecule has 4 aromatic carbocycles. The van der Waals surface area contributed by atoms with Crippen LogP contribution in [0.15, 0.2) is 98.0 Å². The van der Waals surface area contributed by atoms with E-state index in [0.717, 1.165) is 24.5 Å². The van der Waals surface area contributed by atoms with Crippen LogP contribution in [0.2, 0.25) is 5.28 Å². The van der Waals surface area contributed by atoms with Crippen molar-refractivity contribution >= 4 is 87.3 Å². The maximum absolute atomic E-state index is 12.9. The predicted molar refractivity (Wildman–Crippen MR) is 163 cm³/mol. The first-order valence-electron chi connectivity index (χ1n) is 12.7. The van der Waals surface area contributed by atoms with Crippen LogP contribution in [0, 0.1) is 0 Å². The Labute approximate surface area is 360 Å². The van der Waals surface area contributed by atoms with Gasteiger partial charge >= 0.3 is 88.7 Å². The predicted octanol–water partition coefficient (Wildman–Crippen LogP) is -5.48. The third-order valence-corrected chi connectivity index (χ3v) is 8.98. The third-order valence-electron chi connectivity index (χ3n) is 6.25. The van der Waals surface area contributed by atoms with E-state index in [2.05, 4.69) is 35.8 Å². The normalized spacial score (nSPS) is 11.6. The fraction of sp³-hybridized carbons (Fsp3) is 0.